The molecule has 8 atom stereocenters. The third kappa shape index (κ3) is 3.57. The van der Waals surface area contributed by atoms with E-state index in [2.05, 4.69) is 19.2 Å². The number of rotatable bonds is 5. The molecule has 0 aromatic carbocycles. The van der Waals surface area contributed by atoms with E-state index in [4.69, 9.17) is 24.5 Å². The summed E-state index contributed by atoms with van der Waals surface area (Å²) < 4.78 is 12.6. The average molecular weight is 412 g/mol. The Morgan fingerprint density at radius 2 is 1.83 bits per heavy atom. The number of hydroxylamine groups is 1. The van der Waals surface area contributed by atoms with E-state index in [0.29, 0.717) is 12.3 Å². The average Bonchev–Trinajstić information content (AvgIpc) is 2.91. The molecule has 1 saturated carbocycles. The zero-order valence-electron chi connectivity index (χ0n) is 17.3. The van der Waals surface area contributed by atoms with Gasteiger partial charge in [-0.15, -0.1) is 0 Å². The maximum atomic E-state index is 12.4. The van der Waals surface area contributed by atoms with Crippen LogP contribution in [0.2, 0.25) is 0 Å². The van der Waals surface area contributed by atoms with Crippen LogP contribution in [0.1, 0.15) is 65.7 Å². The molecule has 29 heavy (non-hydrogen) atoms. The normalized spacial score (nSPS) is 45.8. The van der Waals surface area contributed by atoms with Gasteiger partial charge in [-0.25, -0.2) is 15.3 Å². The monoisotopic (exact) mass is 412 g/mol. The fourth-order valence-electron chi connectivity index (χ4n) is 5.77. The second kappa shape index (κ2) is 7.77. The Labute approximate surface area is 170 Å². The van der Waals surface area contributed by atoms with Gasteiger partial charge in [-0.2, -0.15) is 0 Å². The summed E-state index contributed by atoms with van der Waals surface area (Å²) in [7, 11) is 0. The lowest BCUT2D eigenvalue weighted by Crippen LogP contribution is -2.71. The van der Waals surface area contributed by atoms with Gasteiger partial charge in [0.15, 0.2) is 11.9 Å². The summed E-state index contributed by atoms with van der Waals surface area (Å²) in [6, 6.07) is 0. The van der Waals surface area contributed by atoms with E-state index in [1.165, 1.54) is 0 Å². The van der Waals surface area contributed by atoms with Crippen LogP contribution >= 0.6 is 0 Å². The molecule has 5 aliphatic rings. The molecule has 0 radical (unpaired) electrons. The zero-order chi connectivity index (χ0) is 20.8. The fraction of sp³-hybridized carbons (Fsp3) is 0.900. The van der Waals surface area contributed by atoms with Crippen molar-refractivity contribution < 1.29 is 34.0 Å². The van der Waals surface area contributed by atoms with Crippen LogP contribution in [0.4, 0.5) is 0 Å². The van der Waals surface area contributed by atoms with Crippen molar-refractivity contribution in [3.05, 3.63) is 0 Å². The van der Waals surface area contributed by atoms with Crippen LogP contribution in [-0.4, -0.2) is 40.9 Å². The third-order valence-electron chi connectivity index (χ3n) is 7.39. The first-order valence-corrected chi connectivity index (χ1v) is 10.7. The number of fused-ring (bicyclic) bond motifs is 2. The van der Waals surface area contributed by atoms with Crippen LogP contribution in [0.5, 0.6) is 0 Å². The molecule has 3 N–H and O–H groups in total. The van der Waals surface area contributed by atoms with Gasteiger partial charge in [0, 0.05) is 31.1 Å². The number of amides is 2. The summed E-state index contributed by atoms with van der Waals surface area (Å²) >= 11 is 0. The van der Waals surface area contributed by atoms with Gasteiger partial charge in [0.1, 0.15) is 6.23 Å². The Kier molecular flexibility index (Phi) is 5.63. The van der Waals surface area contributed by atoms with Crippen LogP contribution in [0.3, 0.4) is 0 Å². The molecule has 9 nitrogen and oxygen atoms in total. The van der Waals surface area contributed by atoms with E-state index in [-0.39, 0.29) is 36.5 Å². The van der Waals surface area contributed by atoms with E-state index in [0.717, 1.165) is 25.7 Å². The van der Waals surface area contributed by atoms with Crippen molar-refractivity contribution in [1.82, 2.24) is 10.8 Å². The van der Waals surface area contributed by atoms with Crippen molar-refractivity contribution in [1.29, 1.82) is 0 Å². The van der Waals surface area contributed by atoms with E-state index in [9.17, 15) is 9.59 Å². The van der Waals surface area contributed by atoms with Gasteiger partial charge < -0.3 is 14.8 Å². The molecule has 9 heteroatoms. The summed E-state index contributed by atoms with van der Waals surface area (Å²) in [6.07, 6.45) is 3.31. The maximum absolute atomic E-state index is 12.4. The van der Waals surface area contributed by atoms with Crippen molar-refractivity contribution >= 4 is 11.8 Å². The predicted molar refractivity (Wildman–Crippen MR) is 98.8 cm³/mol. The van der Waals surface area contributed by atoms with E-state index in [1.807, 2.05) is 6.92 Å². The van der Waals surface area contributed by atoms with Crippen molar-refractivity contribution in [2.75, 3.05) is 0 Å². The van der Waals surface area contributed by atoms with Crippen molar-refractivity contribution in [2.45, 2.75) is 89.6 Å². The maximum Gasteiger partial charge on any atom is 0.243 e. The van der Waals surface area contributed by atoms with Gasteiger partial charge in [-0.1, -0.05) is 13.8 Å². The summed E-state index contributed by atoms with van der Waals surface area (Å²) in [6.45, 7) is 6.21. The molecule has 1 aliphatic carbocycles. The lowest BCUT2D eigenvalue weighted by molar-refractivity contribution is -0.571. The van der Waals surface area contributed by atoms with Crippen LogP contribution in [0, 0.1) is 23.7 Å². The van der Waals surface area contributed by atoms with Gasteiger partial charge in [0.2, 0.25) is 17.6 Å². The number of nitrogens with one attached hydrogen (secondary N) is 2. The summed E-state index contributed by atoms with van der Waals surface area (Å²) in [5, 5.41) is 11.5. The molecule has 0 aromatic heterocycles. The minimum atomic E-state index is -0.843. The largest absolute Gasteiger partial charge is 0.330 e. The van der Waals surface area contributed by atoms with Crippen LogP contribution in [0.15, 0.2) is 0 Å². The molecule has 164 valence electrons. The Morgan fingerprint density at radius 3 is 2.59 bits per heavy atom. The van der Waals surface area contributed by atoms with E-state index >= 15 is 0 Å². The molecule has 4 heterocycles. The minimum Gasteiger partial charge on any atom is -0.330 e. The lowest BCUT2D eigenvalue weighted by Gasteiger charge is -2.60. The second-order valence-corrected chi connectivity index (χ2v) is 9.28. The highest BCUT2D eigenvalue weighted by molar-refractivity contribution is 5.78. The van der Waals surface area contributed by atoms with Gasteiger partial charge >= 0.3 is 0 Å². The first-order chi connectivity index (χ1) is 13.8. The number of carbonyl (C=O) groups excluding carboxylic acids is 2. The van der Waals surface area contributed by atoms with E-state index < -0.39 is 29.8 Å². The molecule has 5 fully saturated rings. The number of carbonyl (C=O) groups is 2. The van der Waals surface area contributed by atoms with Crippen molar-refractivity contribution in [2.24, 2.45) is 23.7 Å². The first-order valence-electron chi connectivity index (χ1n) is 10.7. The Balaban J connectivity index is 1.49. The highest BCUT2D eigenvalue weighted by Gasteiger charge is 2.69. The molecular weight excluding hydrogens is 380 g/mol. The first kappa shape index (κ1) is 21.0. The highest BCUT2D eigenvalue weighted by atomic mass is 17.3. The van der Waals surface area contributed by atoms with Crippen LogP contribution < -0.4 is 10.8 Å². The minimum absolute atomic E-state index is 0.0283. The Morgan fingerprint density at radius 1 is 1.07 bits per heavy atom. The summed E-state index contributed by atoms with van der Waals surface area (Å²) in [5.74, 6) is -0.586. The van der Waals surface area contributed by atoms with Gasteiger partial charge in [0.05, 0.1) is 0 Å². The predicted octanol–water partition coefficient (Wildman–Crippen LogP) is 1.99. The molecule has 5 rings (SSSR count). The molecule has 1 spiro atoms. The zero-order valence-corrected chi connectivity index (χ0v) is 17.3. The summed E-state index contributed by atoms with van der Waals surface area (Å²) in [5.41, 5.74) is 0.927. The smallest absolute Gasteiger partial charge is 0.243 e. The lowest BCUT2D eigenvalue weighted by atomic mass is 9.58. The second-order valence-electron chi connectivity index (χ2n) is 9.28. The van der Waals surface area contributed by atoms with Gasteiger partial charge in [-0.3, -0.25) is 14.8 Å². The SMILES string of the molecule is C[C@H]1[C@@H](NC(=O)CCCC(=O)NO)O[C@@H]2O[C@@]3(C)CC[C@H]4[C@H](C)CC[C@@H]1[C@@]24OO3. The van der Waals surface area contributed by atoms with Crippen LogP contribution in [-0.2, 0) is 28.8 Å². The molecular formula is C20H32N2O7. The molecule has 4 saturated heterocycles. The molecule has 0 unspecified atom stereocenters. The molecule has 2 amide bonds. The topological polar surface area (TPSA) is 115 Å². The van der Waals surface area contributed by atoms with Gasteiger partial charge in [-0.05, 0) is 44.4 Å². The summed E-state index contributed by atoms with van der Waals surface area (Å²) in [4.78, 5) is 35.4. The van der Waals surface area contributed by atoms with E-state index in [1.54, 1.807) is 5.48 Å². The number of ether oxygens (including phenoxy) is 2. The fourth-order valence-corrected chi connectivity index (χ4v) is 5.77. The molecule has 4 aliphatic heterocycles. The Bertz CT molecular complexity index is 661. The standard InChI is InChI=1S/C20H32N2O7/c1-11-7-8-14-12(2)17(21-15(23)5-4-6-16(24)22-25)26-18-20(14)13(11)9-10-19(3,27-18)28-29-20/h11-14,17-18,25H,4-10H2,1-3H3,(H,21,23)(H,22,24)/t11-,12-,13+,14+,17+,18-,19-,20-/m1/s1. The van der Waals surface area contributed by atoms with Crippen LogP contribution in [0.25, 0.3) is 0 Å². The molecule has 2 bridgehead atoms. The molecule has 0 aromatic rings. The van der Waals surface area contributed by atoms with Crippen molar-refractivity contribution in [3.63, 3.8) is 0 Å². The third-order valence-corrected chi connectivity index (χ3v) is 7.39. The van der Waals surface area contributed by atoms with Gasteiger partial charge in [0.25, 0.3) is 0 Å². The quantitative estimate of drug-likeness (QED) is 0.359. The Hall–Kier alpha value is -1.26. The highest BCUT2D eigenvalue weighted by Crippen LogP contribution is 2.60. The number of hydrogen-bond donors (Lipinski definition) is 3. The number of hydrogen-bond acceptors (Lipinski definition) is 7. The van der Waals surface area contributed by atoms with Crippen molar-refractivity contribution in [3.8, 4) is 0 Å².